The molecule has 0 saturated heterocycles. The lowest BCUT2D eigenvalue weighted by molar-refractivity contribution is -0.389. The second-order valence-electron chi connectivity index (χ2n) is 5.54. The smallest absolute Gasteiger partial charge is 0.388 e. The number of nitrogens with zero attached hydrogens (tertiary/aromatic N) is 3. The molecular weight excluding hydrogens is 276 g/mol. The fourth-order valence-corrected chi connectivity index (χ4v) is 2.57. The summed E-state index contributed by atoms with van der Waals surface area (Å²) in [7, 11) is 0. The first-order chi connectivity index (χ1) is 9.98. The van der Waals surface area contributed by atoms with Crippen LogP contribution in [0.15, 0.2) is 12.3 Å². The molecule has 1 aromatic heterocycles. The molecule has 2 N–H and O–H groups in total. The third kappa shape index (κ3) is 4.52. The van der Waals surface area contributed by atoms with Gasteiger partial charge < -0.3 is 20.5 Å². The summed E-state index contributed by atoms with van der Waals surface area (Å²) < 4.78 is 1.21. The average molecular weight is 296 g/mol. The fourth-order valence-electron chi connectivity index (χ4n) is 2.57. The molecule has 2 rings (SSSR count). The summed E-state index contributed by atoms with van der Waals surface area (Å²) in [6, 6.07) is 1.24. The third-order valence-corrected chi connectivity index (χ3v) is 3.77. The number of aliphatic hydroxyl groups is 1. The maximum absolute atomic E-state index is 11.8. The Kier molecular flexibility index (Phi) is 4.89. The minimum absolute atomic E-state index is 0.0933. The van der Waals surface area contributed by atoms with Gasteiger partial charge in [-0.2, -0.15) is 4.68 Å². The van der Waals surface area contributed by atoms with E-state index in [1.165, 1.54) is 16.9 Å². The van der Waals surface area contributed by atoms with Gasteiger partial charge in [-0.15, -0.1) is 0 Å². The van der Waals surface area contributed by atoms with Gasteiger partial charge in [-0.05, 0) is 17.8 Å². The van der Waals surface area contributed by atoms with Crippen LogP contribution in [0.4, 0.5) is 5.82 Å². The van der Waals surface area contributed by atoms with Crippen LogP contribution in [0.3, 0.4) is 0 Å². The zero-order valence-electron chi connectivity index (χ0n) is 11.8. The Bertz CT molecular complexity index is 506. The minimum Gasteiger partial charge on any atom is -0.388 e. The molecule has 0 radical (unpaired) electrons. The molecule has 1 aliphatic rings. The number of aromatic nitrogens is 2. The number of rotatable bonds is 5. The Balaban J connectivity index is 1.82. The van der Waals surface area contributed by atoms with E-state index in [0.29, 0.717) is 12.8 Å². The van der Waals surface area contributed by atoms with E-state index >= 15 is 0 Å². The Hall–Kier alpha value is -1.96. The van der Waals surface area contributed by atoms with Gasteiger partial charge in [-0.25, -0.2) is 0 Å². The molecule has 1 aromatic rings. The van der Waals surface area contributed by atoms with Crippen molar-refractivity contribution in [3.8, 4) is 0 Å². The summed E-state index contributed by atoms with van der Waals surface area (Å²) >= 11 is 0. The van der Waals surface area contributed by atoms with Crippen molar-refractivity contribution in [2.45, 2.75) is 50.7 Å². The van der Waals surface area contributed by atoms with Gasteiger partial charge in [0.2, 0.25) is 5.91 Å². The van der Waals surface area contributed by atoms with Gasteiger partial charge in [-0.1, -0.05) is 25.7 Å². The number of nitro groups is 1. The van der Waals surface area contributed by atoms with E-state index < -0.39 is 10.5 Å². The molecule has 0 unspecified atom stereocenters. The normalized spacial score (nSPS) is 18.0. The van der Waals surface area contributed by atoms with Crippen LogP contribution in [-0.2, 0) is 11.3 Å². The largest absolute Gasteiger partial charge is 0.389 e. The molecular formula is C13H20N4O4. The molecule has 1 heterocycles. The van der Waals surface area contributed by atoms with Gasteiger partial charge >= 0.3 is 5.82 Å². The number of hydrogen-bond donors (Lipinski definition) is 2. The Morgan fingerprint density at radius 1 is 1.43 bits per heavy atom. The van der Waals surface area contributed by atoms with E-state index in [4.69, 9.17) is 0 Å². The van der Waals surface area contributed by atoms with Crippen LogP contribution in [-0.4, -0.2) is 37.9 Å². The van der Waals surface area contributed by atoms with E-state index in [-0.39, 0.29) is 24.8 Å². The van der Waals surface area contributed by atoms with Crippen molar-refractivity contribution in [1.82, 2.24) is 15.1 Å². The number of carbonyl (C=O) groups excluding carboxylic acids is 1. The van der Waals surface area contributed by atoms with Gasteiger partial charge in [0.05, 0.1) is 23.0 Å². The van der Waals surface area contributed by atoms with Crippen molar-refractivity contribution in [3.63, 3.8) is 0 Å². The Morgan fingerprint density at radius 3 is 2.67 bits per heavy atom. The highest BCUT2D eigenvalue weighted by molar-refractivity contribution is 5.75. The van der Waals surface area contributed by atoms with E-state index in [0.717, 1.165) is 25.7 Å². The predicted molar refractivity (Wildman–Crippen MR) is 74.5 cm³/mol. The van der Waals surface area contributed by atoms with E-state index in [1.807, 2.05) is 0 Å². The van der Waals surface area contributed by atoms with Crippen molar-refractivity contribution in [2.24, 2.45) is 0 Å². The van der Waals surface area contributed by atoms with Crippen molar-refractivity contribution >= 4 is 11.7 Å². The van der Waals surface area contributed by atoms with Crippen LogP contribution in [0.1, 0.15) is 38.5 Å². The second kappa shape index (κ2) is 6.66. The molecule has 1 saturated carbocycles. The lowest BCUT2D eigenvalue weighted by atomic mass is 9.94. The van der Waals surface area contributed by atoms with Gasteiger partial charge in [0, 0.05) is 6.54 Å². The number of carbonyl (C=O) groups is 1. The maximum Gasteiger partial charge on any atom is 0.389 e. The molecule has 116 valence electrons. The molecule has 8 nitrogen and oxygen atoms in total. The number of hydrogen-bond acceptors (Lipinski definition) is 5. The SMILES string of the molecule is O=C(Cn1ccc([N+](=O)[O-])n1)NCC1(O)CCCCCC1. The first-order valence-corrected chi connectivity index (χ1v) is 7.15. The number of nitrogens with one attached hydrogen (secondary N) is 1. The highest BCUT2D eigenvalue weighted by atomic mass is 16.6. The monoisotopic (exact) mass is 296 g/mol. The van der Waals surface area contributed by atoms with Crippen LogP contribution in [0, 0.1) is 10.1 Å². The molecule has 0 aliphatic heterocycles. The summed E-state index contributed by atoms with van der Waals surface area (Å²) in [6.45, 7) is 0.124. The van der Waals surface area contributed by atoms with Crippen molar-refractivity contribution in [3.05, 3.63) is 22.4 Å². The molecule has 8 heteroatoms. The highest BCUT2D eigenvalue weighted by Gasteiger charge is 2.28. The van der Waals surface area contributed by atoms with Crippen LogP contribution < -0.4 is 5.32 Å². The van der Waals surface area contributed by atoms with Crippen LogP contribution in [0.5, 0.6) is 0 Å². The van der Waals surface area contributed by atoms with Crippen LogP contribution in [0.25, 0.3) is 0 Å². The van der Waals surface area contributed by atoms with Gasteiger partial charge in [0.15, 0.2) is 0 Å². The highest BCUT2D eigenvalue weighted by Crippen LogP contribution is 2.26. The summed E-state index contributed by atoms with van der Waals surface area (Å²) in [5.41, 5.74) is -0.831. The molecule has 0 atom stereocenters. The number of amides is 1. The third-order valence-electron chi connectivity index (χ3n) is 3.77. The quantitative estimate of drug-likeness (QED) is 0.478. The lowest BCUT2D eigenvalue weighted by Crippen LogP contribution is -2.43. The summed E-state index contributed by atoms with van der Waals surface area (Å²) in [5, 5.41) is 27.3. The van der Waals surface area contributed by atoms with Crippen LogP contribution >= 0.6 is 0 Å². The standard InChI is InChI=1S/C13H20N4O4/c18-12(9-16-8-5-11(15-16)17(20)21)14-10-13(19)6-3-1-2-4-7-13/h5,8,19H,1-4,6-7,9-10H2,(H,14,18). The second-order valence-corrected chi connectivity index (χ2v) is 5.54. The lowest BCUT2D eigenvalue weighted by Gasteiger charge is -2.26. The van der Waals surface area contributed by atoms with Gasteiger partial charge in [0.25, 0.3) is 0 Å². The van der Waals surface area contributed by atoms with E-state index in [9.17, 15) is 20.0 Å². The summed E-state index contributed by atoms with van der Waals surface area (Å²) in [5.74, 6) is -0.601. The molecule has 1 amide bonds. The maximum atomic E-state index is 11.8. The molecule has 0 spiro atoms. The molecule has 21 heavy (non-hydrogen) atoms. The average Bonchev–Trinajstić information content (AvgIpc) is 2.79. The molecule has 1 fully saturated rings. The first kappa shape index (κ1) is 15.4. The van der Waals surface area contributed by atoms with Crippen LogP contribution in [0.2, 0.25) is 0 Å². The zero-order valence-corrected chi connectivity index (χ0v) is 11.8. The zero-order chi connectivity index (χ0) is 15.3. The molecule has 0 bridgehead atoms. The van der Waals surface area contributed by atoms with Crippen molar-refractivity contribution in [1.29, 1.82) is 0 Å². The first-order valence-electron chi connectivity index (χ1n) is 7.15. The predicted octanol–water partition coefficient (Wildman–Crippen LogP) is 0.993. The molecule has 0 aromatic carbocycles. The van der Waals surface area contributed by atoms with Crippen molar-refractivity contribution < 1.29 is 14.8 Å². The van der Waals surface area contributed by atoms with Crippen molar-refractivity contribution in [2.75, 3.05) is 6.54 Å². The summed E-state index contributed by atoms with van der Waals surface area (Å²) in [6.07, 6.45) is 6.95. The Morgan fingerprint density at radius 2 is 2.10 bits per heavy atom. The molecule has 1 aliphatic carbocycles. The Labute approximate surface area is 122 Å². The van der Waals surface area contributed by atoms with E-state index in [1.54, 1.807) is 0 Å². The van der Waals surface area contributed by atoms with Gasteiger partial charge in [0.1, 0.15) is 6.54 Å². The summed E-state index contributed by atoms with van der Waals surface area (Å²) in [4.78, 5) is 21.7. The topological polar surface area (TPSA) is 110 Å². The fraction of sp³-hybridized carbons (Fsp3) is 0.692. The van der Waals surface area contributed by atoms with Gasteiger partial charge in [-0.3, -0.25) is 4.79 Å². The minimum atomic E-state index is -0.831. The van der Waals surface area contributed by atoms with E-state index in [2.05, 4.69) is 10.4 Å².